The maximum absolute atomic E-state index is 5.17. The molecule has 1 aliphatic rings. The molecule has 2 aromatic rings. The molecule has 0 radical (unpaired) electrons. The van der Waals surface area contributed by atoms with Gasteiger partial charge < -0.3 is 9.30 Å². The molecule has 108 valence electrons. The quantitative estimate of drug-likeness (QED) is 0.743. The lowest BCUT2D eigenvalue weighted by molar-refractivity contribution is 0.352. The van der Waals surface area contributed by atoms with E-state index in [-0.39, 0.29) is 0 Å². The van der Waals surface area contributed by atoms with Crippen LogP contribution in [0, 0.1) is 11.8 Å². The molecule has 21 heavy (non-hydrogen) atoms. The Hall–Kier alpha value is -2.14. The number of rotatable bonds is 2. The Labute approximate surface area is 126 Å². The fraction of sp³-hybridized carbons (Fsp3) is 0.368. The van der Waals surface area contributed by atoms with Crippen molar-refractivity contribution in [3.63, 3.8) is 0 Å². The van der Waals surface area contributed by atoms with Crippen molar-refractivity contribution in [1.29, 1.82) is 0 Å². The van der Waals surface area contributed by atoms with Crippen LogP contribution in [-0.2, 0) is 0 Å². The molecule has 1 aliphatic carbocycles. The van der Waals surface area contributed by atoms with E-state index in [0.717, 1.165) is 17.0 Å². The molecule has 0 spiro atoms. The topological polar surface area (TPSA) is 14.2 Å². The highest BCUT2D eigenvalue weighted by Crippen LogP contribution is 2.29. The van der Waals surface area contributed by atoms with E-state index in [1.165, 1.54) is 32.1 Å². The first kappa shape index (κ1) is 13.8. The van der Waals surface area contributed by atoms with Crippen LogP contribution in [0.4, 0.5) is 0 Å². The number of hydrogen-bond donors (Lipinski definition) is 0. The lowest BCUT2D eigenvalue weighted by Gasteiger charge is -2.24. The summed E-state index contributed by atoms with van der Waals surface area (Å²) in [6.07, 6.45) is 8.80. The van der Waals surface area contributed by atoms with Gasteiger partial charge in [0.15, 0.2) is 0 Å². The van der Waals surface area contributed by atoms with Gasteiger partial charge in [-0.2, -0.15) is 0 Å². The third-order valence-corrected chi connectivity index (χ3v) is 4.17. The zero-order chi connectivity index (χ0) is 14.5. The molecule has 0 amide bonds. The van der Waals surface area contributed by atoms with Crippen molar-refractivity contribution in [2.75, 3.05) is 7.11 Å². The van der Waals surface area contributed by atoms with Gasteiger partial charge in [0.25, 0.3) is 0 Å². The lowest BCUT2D eigenvalue weighted by atomic mass is 9.95. The minimum atomic E-state index is 0.633. The SMILES string of the molecule is COc1ccc(C#Cc2cccn2C2CCCCC2)cc1. The monoisotopic (exact) mass is 279 g/mol. The minimum Gasteiger partial charge on any atom is -0.497 e. The average Bonchev–Trinajstić information content (AvgIpc) is 3.03. The second-order valence-corrected chi connectivity index (χ2v) is 5.57. The summed E-state index contributed by atoms with van der Waals surface area (Å²) in [4.78, 5) is 0. The van der Waals surface area contributed by atoms with E-state index in [9.17, 15) is 0 Å². The third kappa shape index (κ3) is 3.31. The van der Waals surface area contributed by atoms with Gasteiger partial charge in [-0.25, -0.2) is 0 Å². The zero-order valence-electron chi connectivity index (χ0n) is 12.5. The van der Waals surface area contributed by atoms with Gasteiger partial charge in [0.1, 0.15) is 5.75 Å². The fourth-order valence-corrected chi connectivity index (χ4v) is 2.99. The van der Waals surface area contributed by atoms with E-state index in [1.807, 2.05) is 24.3 Å². The lowest BCUT2D eigenvalue weighted by Crippen LogP contribution is -2.13. The van der Waals surface area contributed by atoms with Crippen molar-refractivity contribution in [1.82, 2.24) is 4.57 Å². The van der Waals surface area contributed by atoms with Crippen LogP contribution in [0.25, 0.3) is 0 Å². The molecule has 1 heterocycles. The molecule has 2 heteroatoms. The molecule has 0 N–H and O–H groups in total. The highest BCUT2D eigenvalue weighted by Gasteiger charge is 2.15. The highest BCUT2D eigenvalue weighted by atomic mass is 16.5. The van der Waals surface area contributed by atoms with Crippen molar-refractivity contribution >= 4 is 0 Å². The number of ether oxygens (including phenoxy) is 1. The van der Waals surface area contributed by atoms with E-state index in [4.69, 9.17) is 4.74 Å². The Kier molecular flexibility index (Phi) is 4.31. The zero-order valence-corrected chi connectivity index (χ0v) is 12.5. The molecule has 0 unspecified atom stereocenters. The molecular weight excluding hydrogens is 258 g/mol. The number of methoxy groups -OCH3 is 1. The number of aromatic nitrogens is 1. The molecule has 3 rings (SSSR count). The highest BCUT2D eigenvalue weighted by molar-refractivity contribution is 5.42. The number of hydrogen-bond acceptors (Lipinski definition) is 1. The van der Waals surface area contributed by atoms with Gasteiger partial charge in [-0.05, 0) is 55.2 Å². The van der Waals surface area contributed by atoms with E-state index in [1.54, 1.807) is 7.11 Å². The van der Waals surface area contributed by atoms with Gasteiger partial charge in [-0.15, -0.1) is 0 Å². The van der Waals surface area contributed by atoms with Gasteiger partial charge >= 0.3 is 0 Å². The second kappa shape index (κ2) is 6.54. The Morgan fingerprint density at radius 2 is 1.76 bits per heavy atom. The van der Waals surface area contributed by atoms with Crippen LogP contribution in [0.5, 0.6) is 5.75 Å². The van der Waals surface area contributed by atoms with Gasteiger partial charge in [-0.3, -0.25) is 0 Å². The Balaban J connectivity index is 1.79. The third-order valence-electron chi connectivity index (χ3n) is 4.17. The summed E-state index contributed by atoms with van der Waals surface area (Å²) in [6, 6.07) is 12.7. The van der Waals surface area contributed by atoms with Gasteiger partial charge in [0, 0.05) is 17.8 Å². The summed E-state index contributed by atoms with van der Waals surface area (Å²) in [5, 5.41) is 0. The molecule has 0 aliphatic heterocycles. The molecule has 1 aromatic carbocycles. The van der Waals surface area contributed by atoms with Crippen LogP contribution >= 0.6 is 0 Å². The fourth-order valence-electron chi connectivity index (χ4n) is 2.99. The molecule has 1 aromatic heterocycles. The molecule has 0 bridgehead atoms. The van der Waals surface area contributed by atoms with Crippen molar-refractivity contribution in [3.8, 4) is 17.6 Å². The van der Waals surface area contributed by atoms with E-state index in [0.29, 0.717) is 6.04 Å². The van der Waals surface area contributed by atoms with Crippen LogP contribution in [0.1, 0.15) is 49.4 Å². The second-order valence-electron chi connectivity index (χ2n) is 5.57. The summed E-state index contributed by atoms with van der Waals surface area (Å²) in [5.74, 6) is 7.43. The molecule has 2 nitrogen and oxygen atoms in total. The van der Waals surface area contributed by atoms with Crippen LogP contribution in [0.2, 0.25) is 0 Å². The summed E-state index contributed by atoms with van der Waals surface area (Å²) in [7, 11) is 1.68. The molecule has 1 fully saturated rings. The Bertz CT molecular complexity index is 636. The summed E-state index contributed by atoms with van der Waals surface area (Å²) in [6.45, 7) is 0. The van der Waals surface area contributed by atoms with Gasteiger partial charge in [0.2, 0.25) is 0 Å². The minimum absolute atomic E-state index is 0.633. The van der Waals surface area contributed by atoms with Crippen LogP contribution in [-0.4, -0.2) is 11.7 Å². The molecular formula is C19H21NO. The van der Waals surface area contributed by atoms with Crippen LogP contribution in [0.3, 0.4) is 0 Å². The Morgan fingerprint density at radius 1 is 1.00 bits per heavy atom. The largest absolute Gasteiger partial charge is 0.497 e. The predicted molar refractivity (Wildman–Crippen MR) is 85.5 cm³/mol. The summed E-state index contributed by atoms with van der Waals surface area (Å²) < 4.78 is 7.52. The van der Waals surface area contributed by atoms with E-state index >= 15 is 0 Å². The number of benzene rings is 1. The van der Waals surface area contributed by atoms with Gasteiger partial charge in [0.05, 0.1) is 12.8 Å². The van der Waals surface area contributed by atoms with E-state index in [2.05, 4.69) is 34.7 Å². The van der Waals surface area contributed by atoms with Crippen molar-refractivity contribution in [3.05, 3.63) is 53.9 Å². The maximum Gasteiger partial charge on any atom is 0.118 e. The first-order valence-corrected chi connectivity index (χ1v) is 7.70. The summed E-state index contributed by atoms with van der Waals surface area (Å²) in [5.41, 5.74) is 2.14. The van der Waals surface area contributed by atoms with Crippen LogP contribution in [0.15, 0.2) is 42.6 Å². The predicted octanol–water partition coefficient (Wildman–Crippen LogP) is 4.40. The molecule has 0 atom stereocenters. The average molecular weight is 279 g/mol. The van der Waals surface area contributed by atoms with Crippen molar-refractivity contribution in [2.24, 2.45) is 0 Å². The van der Waals surface area contributed by atoms with Crippen LogP contribution < -0.4 is 4.74 Å². The molecule has 1 saturated carbocycles. The normalized spacial score (nSPS) is 15.3. The van der Waals surface area contributed by atoms with Gasteiger partial charge in [-0.1, -0.05) is 25.2 Å². The first-order chi connectivity index (χ1) is 10.4. The summed E-state index contributed by atoms with van der Waals surface area (Å²) >= 11 is 0. The Morgan fingerprint density at radius 3 is 2.48 bits per heavy atom. The molecule has 0 saturated heterocycles. The van der Waals surface area contributed by atoms with Crippen molar-refractivity contribution in [2.45, 2.75) is 38.1 Å². The standard InChI is InChI=1S/C19H21NO/c1-21-19-13-10-16(11-14-19)9-12-18-8-5-15-20(18)17-6-3-2-4-7-17/h5,8,10-11,13-15,17H,2-4,6-7H2,1H3. The van der Waals surface area contributed by atoms with Crippen molar-refractivity contribution < 1.29 is 4.74 Å². The smallest absolute Gasteiger partial charge is 0.118 e. The maximum atomic E-state index is 5.17. The number of nitrogens with zero attached hydrogens (tertiary/aromatic N) is 1. The first-order valence-electron chi connectivity index (χ1n) is 7.70. The van der Waals surface area contributed by atoms with E-state index < -0.39 is 0 Å².